The average Bonchev–Trinajstić information content (AvgIpc) is 2.97. The van der Waals surface area contributed by atoms with E-state index in [-0.39, 0.29) is 0 Å². The van der Waals surface area contributed by atoms with E-state index in [0.29, 0.717) is 0 Å². The molecule has 1 unspecified atom stereocenters. The second kappa shape index (κ2) is 5.44. The Hall–Kier alpha value is -1.36. The predicted molar refractivity (Wildman–Crippen MR) is 90.0 cm³/mol. The third-order valence-electron chi connectivity index (χ3n) is 3.86. The summed E-state index contributed by atoms with van der Waals surface area (Å²) in [6, 6.07) is 12.2. The molecule has 0 saturated heterocycles. The minimum Gasteiger partial charge on any atom is -0.383 e. The molecule has 1 N–H and O–H groups in total. The van der Waals surface area contributed by atoms with Gasteiger partial charge in [0.15, 0.2) is 0 Å². The minimum absolute atomic E-state index is 0.532. The highest BCUT2D eigenvalue weighted by Crippen LogP contribution is 2.36. The summed E-state index contributed by atoms with van der Waals surface area (Å²) in [5, 5.41) is 11.8. The number of aliphatic hydroxyl groups excluding tert-OH is 1. The van der Waals surface area contributed by atoms with Gasteiger partial charge in [-0.1, -0.05) is 12.1 Å². The first-order valence-electron chi connectivity index (χ1n) is 7.03. The van der Waals surface area contributed by atoms with Crippen LogP contribution in [-0.2, 0) is 12.2 Å². The number of aromatic nitrogens is 1. The Labute approximate surface area is 131 Å². The molecule has 0 amide bonds. The smallest absolute Gasteiger partial charge is 0.113 e. The quantitative estimate of drug-likeness (QED) is 0.771. The topological polar surface area (TPSA) is 33.1 Å². The highest BCUT2D eigenvalue weighted by molar-refractivity contribution is 7.98. The maximum Gasteiger partial charge on any atom is 0.113 e. The second-order valence-electron chi connectivity index (χ2n) is 5.26. The number of aryl methyl sites for hydroxylation is 1. The van der Waals surface area contributed by atoms with Gasteiger partial charge in [0.05, 0.1) is 5.52 Å². The molecule has 0 bridgehead atoms. The molecule has 0 spiro atoms. The number of thioether (sulfide) groups is 1. The number of nitrogens with zero attached hydrogens (tertiary/aromatic N) is 1. The van der Waals surface area contributed by atoms with E-state index < -0.39 is 6.10 Å². The van der Waals surface area contributed by atoms with Crippen LogP contribution in [-0.4, -0.2) is 15.8 Å². The summed E-state index contributed by atoms with van der Waals surface area (Å²) in [4.78, 5) is 6.84. The SMILES string of the molecule is OC(c1ccc2ncccc2c1)c1cc2c(s1)CCSC2. The van der Waals surface area contributed by atoms with Crippen LogP contribution in [0.15, 0.2) is 42.6 Å². The number of rotatable bonds is 2. The first-order valence-corrected chi connectivity index (χ1v) is 9.00. The lowest BCUT2D eigenvalue weighted by Gasteiger charge is -2.09. The molecule has 1 aliphatic rings. The third-order valence-corrected chi connectivity index (χ3v) is 6.16. The second-order valence-corrected chi connectivity index (χ2v) is 7.53. The Morgan fingerprint density at radius 3 is 3.05 bits per heavy atom. The van der Waals surface area contributed by atoms with Crippen LogP contribution in [0.1, 0.15) is 27.0 Å². The molecule has 0 radical (unpaired) electrons. The minimum atomic E-state index is -0.532. The summed E-state index contributed by atoms with van der Waals surface area (Å²) in [5.74, 6) is 2.28. The number of benzene rings is 1. The van der Waals surface area contributed by atoms with Crippen molar-refractivity contribution in [1.82, 2.24) is 4.98 Å². The van der Waals surface area contributed by atoms with Crippen molar-refractivity contribution < 1.29 is 5.11 Å². The maximum atomic E-state index is 10.7. The van der Waals surface area contributed by atoms with Crippen LogP contribution in [0.25, 0.3) is 10.9 Å². The van der Waals surface area contributed by atoms with Gasteiger partial charge in [-0.05, 0) is 47.6 Å². The van der Waals surface area contributed by atoms with Crippen molar-refractivity contribution >= 4 is 34.0 Å². The fourth-order valence-electron chi connectivity index (χ4n) is 2.73. The molecule has 4 rings (SSSR count). The van der Waals surface area contributed by atoms with Crippen molar-refractivity contribution in [3.63, 3.8) is 0 Å². The van der Waals surface area contributed by atoms with Crippen molar-refractivity contribution in [2.45, 2.75) is 18.3 Å². The van der Waals surface area contributed by atoms with Crippen LogP contribution in [0.4, 0.5) is 0 Å². The molecule has 106 valence electrons. The monoisotopic (exact) mass is 313 g/mol. The van der Waals surface area contributed by atoms with E-state index in [2.05, 4.69) is 11.1 Å². The van der Waals surface area contributed by atoms with Crippen molar-refractivity contribution in [3.8, 4) is 0 Å². The van der Waals surface area contributed by atoms with Crippen molar-refractivity contribution in [1.29, 1.82) is 0 Å². The summed E-state index contributed by atoms with van der Waals surface area (Å²) in [5.41, 5.74) is 3.32. The molecule has 0 saturated carbocycles. The van der Waals surface area contributed by atoms with Gasteiger partial charge in [-0.2, -0.15) is 11.8 Å². The number of hydrogen-bond donors (Lipinski definition) is 1. The van der Waals surface area contributed by atoms with Gasteiger partial charge in [-0.15, -0.1) is 11.3 Å². The van der Waals surface area contributed by atoms with Gasteiger partial charge in [0.25, 0.3) is 0 Å². The van der Waals surface area contributed by atoms with E-state index in [1.807, 2.05) is 42.1 Å². The zero-order chi connectivity index (χ0) is 14.2. The van der Waals surface area contributed by atoms with E-state index in [4.69, 9.17) is 0 Å². The maximum absolute atomic E-state index is 10.7. The molecule has 0 fully saturated rings. The molecule has 1 aromatic carbocycles. The van der Waals surface area contributed by atoms with Crippen LogP contribution < -0.4 is 0 Å². The largest absolute Gasteiger partial charge is 0.383 e. The molecule has 2 nitrogen and oxygen atoms in total. The lowest BCUT2D eigenvalue weighted by molar-refractivity contribution is 0.224. The lowest BCUT2D eigenvalue weighted by atomic mass is 10.0. The van der Waals surface area contributed by atoms with Gasteiger partial charge in [-0.3, -0.25) is 4.98 Å². The molecule has 1 atom stereocenters. The lowest BCUT2D eigenvalue weighted by Crippen LogP contribution is -1.97. The van der Waals surface area contributed by atoms with E-state index >= 15 is 0 Å². The number of fused-ring (bicyclic) bond motifs is 2. The van der Waals surface area contributed by atoms with Crippen molar-refractivity contribution in [3.05, 3.63) is 63.5 Å². The zero-order valence-electron chi connectivity index (χ0n) is 11.5. The Morgan fingerprint density at radius 2 is 2.14 bits per heavy atom. The predicted octanol–water partition coefficient (Wildman–Crippen LogP) is 4.17. The first-order chi connectivity index (χ1) is 10.3. The van der Waals surface area contributed by atoms with Crippen LogP contribution >= 0.6 is 23.1 Å². The van der Waals surface area contributed by atoms with Gasteiger partial charge in [0.1, 0.15) is 6.10 Å². The van der Waals surface area contributed by atoms with E-state index in [0.717, 1.165) is 33.5 Å². The Morgan fingerprint density at radius 1 is 1.19 bits per heavy atom. The molecule has 4 heteroatoms. The van der Waals surface area contributed by atoms with E-state index in [1.54, 1.807) is 17.5 Å². The fraction of sp³-hybridized carbons (Fsp3) is 0.235. The van der Waals surface area contributed by atoms with E-state index in [9.17, 15) is 5.11 Å². The van der Waals surface area contributed by atoms with Gasteiger partial charge in [0.2, 0.25) is 0 Å². The van der Waals surface area contributed by atoms with Gasteiger partial charge < -0.3 is 5.11 Å². The number of aliphatic hydroxyl groups is 1. The van der Waals surface area contributed by atoms with Crippen molar-refractivity contribution in [2.24, 2.45) is 0 Å². The van der Waals surface area contributed by atoms with Gasteiger partial charge >= 0.3 is 0 Å². The third kappa shape index (κ3) is 2.48. The Kier molecular flexibility index (Phi) is 3.45. The molecule has 2 aromatic heterocycles. The highest BCUT2D eigenvalue weighted by Gasteiger charge is 2.19. The Bertz CT molecular complexity index is 773. The Balaban J connectivity index is 1.71. The van der Waals surface area contributed by atoms with Crippen LogP contribution in [0.3, 0.4) is 0 Å². The molecular weight excluding hydrogens is 298 g/mol. The normalized spacial score (nSPS) is 15.9. The summed E-state index contributed by atoms with van der Waals surface area (Å²) < 4.78 is 0. The summed E-state index contributed by atoms with van der Waals surface area (Å²) >= 11 is 3.74. The first kappa shape index (κ1) is 13.3. The van der Waals surface area contributed by atoms with Crippen LogP contribution in [0.5, 0.6) is 0 Å². The molecule has 3 heterocycles. The number of thiophene rings is 1. The number of hydrogen-bond acceptors (Lipinski definition) is 4. The van der Waals surface area contributed by atoms with E-state index in [1.165, 1.54) is 16.2 Å². The summed E-state index contributed by atoms with van der Waals surface area (Å²) in [6.07, 6.45) is 2.40. The summed E-state index contributed by atoms with van der Waals surface area (Å²) in [7, 11) is 0. The average molecular weight is 313 g/mol. The molecule has 0 aliphatic carbocycles. The number of pyridine rings is 1. The summed E-state index contributed by atoms with van der Waals surface area (Å²) in [6.45, 7) is 0. The zero-order valence-corrected chi connectivity index (χ0v) is 13.1. The standard InChI is InChI=1S/C17H15NOS2/c19-17(16-9-13-10-20-7-5-15(13)21-16)12-3-4-14-11(8-12)2-1-6-18-14/h1-4,6,8-9,17,19H,5,7,10H2. The molecule has 3 aromatic rings. The molecule has 21 heavy (non-hydrogen) atoms. The molecular formula is C17H15NOS2. The molecule has 1 aliphatic heterocycles. The van der Waals surface area contributed by atoms with Crippen LogP contribution in [0, 0.1) is 0 Å². The van der Waals surface area contributed by atoms with Gasteiger partial charge in [-0.25, -0.2) is 0 Å². The van der Waals surface area contributed by atoms with Crippen molar-refractivity contribution in [2.75, 3.05) is 5.75 Å². The fourth-order valence-corrected chi connectivity index (χ4v) is 5.12. The van der Waals surface area contributed by atoms with Gasteiger partial charge in [0, 0.05) is 27.1 Å². The van der Waals surface area contributed by atoms with Crippen LogP contribution in [0.2, 0.25) is 0 Å². The highest BCUT2D eigenvalue weighted by atomic mass is 32.2.